The van der Waals surface area contributed by atoms with Crippen molar-refractivity contribution in [2.45, 2.75) is 32.5 Å². The maximum Gasteiger partial charge on any atom is 0.191 e. The molecule has 1 saturated heterocycles. The molecule has 166 valence electrons. The van der Waals surface area contributed by atoms with Crippen LogP contribution in [0.1, 0.15) is 24.6 Å². The van der Waals surface area contributed by atoms with E-state index in [1.54, 1.807) is 6.20 Å². The largest absolute Gasteiger partial charge is 0.487 e. The van der Waals surface area contributed by atoms with Crippen LogP contribution in [0.25, 0.3) is 0 Å². The second kappa shape index (κ2) is 11.2. The van der Waals surface area contributed by atoms with Crippen LogP contribution in [0.3, 0.4) is 0 Å². The molecular weight excluding hydrogens is 398 g/mol. The van der Waals surface area contributed by atoms with Gasteiger partial charge in [-0.25, -0.2) is 4.99 Å². The van der Waals surface area contributed by atoms with Gasteiger partial charge in [0.1, 0.15) is 12.4 Å². The Morgan fingerprint density at radius 1 is 1.09 bits per heavy atom. The van der Waals surface area contributed by atoms with E-state index in [4.69, 9.17) is 9.73 Å². The first-order valence-electron chi connectivity index (χ1n) is 11.3. The third-order valence-corrected chi connectivity index (χ3v) is 5.43. The maximum atomic E-state index is 5.90. The Hall–Kier alpha value is -3.54. The average molecular weight is 430 g/mol. The molecule has 1 aliphatic rings. The summed E-state index contributed by atoms with van der Waals surface area (Å²) in [6.45, 7) is 5.99. The molecule has 0 spiro atoms. The summed E-state index contributed by atoms with van der Waals surface area (Å²) in [6, 6.07) is 24.9. The number of hydrogen-bond donors (Lipinski definition) is 2. The molecule has 0 amide bonds. The zero-order valence-electron chi connectivity index (χ0n) is 18.6. The van der Waals surface area contributed by atoms with Crippen LogP contribution < -0.4 is 20.3 Å². The number of ether oxygens (including phenoxy) is 1. The summed E-state index contributed by atoms with van der Waals surface area (Å²) in [5, 5.41) is 6.98. The van der Waals surface area contributed by atoms with E-state index in [2.05, 4.69) is 63.8 Å². The number of pyridine rings is 1. The normalized spacial score (nSPS) is 16.1. The Morgan fingerprint density at radius 3 is 2.78 bits per heavy atom. The maximum absolute atomic E-state index is 5.90. The zero-order chi connectivity index (χ0) is 22.0. The number of nitrogens with zero attached hydrogens (tertiary/aromatic N) is 3. The van der Waals surface area contributed by atoms with Gasteiger partial charge in [0.15, 0.2) is 5.96 Å². The van der Waals surface area contributed by atoms with Crippen LogP contribution in [-0.2, 0) is 13.2 Å². The summed E-state index contributed by atoms with van der Waals surface area (Å²) >= 11 is 0. The first-order chi connectivity index (χ1) is 15.8. The van der Waals surface area contributed by atoms with Gasteiger partial charge in [0.25, 0.3) is 0 Å². The second-order valence-electron chi connectivity index (χ2n) is 7.86. The topological polar surface area (TPSA) is 61.8 Å². The standard InChI is InChI=1S/C26H31N5O/c1-2-27-26(30-22-14-16-31(19-22)24-11-4-3-5-12-24)29-18-21-9-8-13-25(17-21)32-20-23-10-6-7-15-28-23/h3-13,15,17,22H,2,14,16,18-20H2,1H3,(H2,27,29,30). The van der Waals surface area contributed by atoms with Crippen LogP contribution in [0.15, 0.2) is 84.0 Å². The number of hydrogen-bond acceptors (Lipinski definition) is 4. The molecule has 3 aromatic rings. The molecule has 6 nitrogen and oxygen atoms in total. The van der Waals surface area contributed by atoms with Crippen LogP contribution >= 0.6 is 0 Å². The van der Waals surface area contributed by atoms with Crippen molar-refractivity contribution in [3.8, 4) is 5.75 Å². The minimum Gasteiger partial charge on any atom is -0.487 e. The highest BCUT2D eigenvalue weighted by Crippen LogP contribution is 2.20. The quantitative estimate of drug-likeness (QED) is 0.419. The van der Waals surface area contributed by atoms with Gasteiger partial charge in [-0.2, -0.15) is 0 Å². The number of guanidine groups is 1. The molecule has 1 aliphatic heterocycles. The number of aromatic nitrogens is 1. The fourth-order valence-electron chi connectivity index (χ4n) is 3.81. The molecular formula is C26H31N5O. The van der Waals surface area contributed by atoms with Crippen molar-refractivity contribution >= 4 is 11.6 Å². The third kappa shape index (κ3) is 6.23. The van der Waals surface area contributed by atoms with E-state index in [0.29, 0.717) is 19.2 Å². The molecule has 1 atom stereocenters. The predicted octanol–water partition coefficient (Wildman–Crippen LogP) is 3.99. The molecule has 2 N–H and O–H groups in total. The van der Waals surface area contributed by atoms with Crippen molar-refractivity contribution < 1.29 is 4.74 Å². The van der Waals surface area contributed by atoms with Crippen molar-refractivity contribution in [2.75, 3.05) is 24.5 Å². The Morgan fingerprint density at radius 2 is 1.97 bits per heavy atom. The highest BCUT2D eigenvalue weighted by Gasteiger charge is 2.23. The average Bonchev–Trinajstić information content (AvgIpc) is 3.31. The van der Waals surface area contributed by atoms with Gasteiger partial charge < -0.3 is 20.3 Å². The molecule has 1 unspecified atom stereocenters. The first kappa shape index (κ1) is 21.7. The van der Waals surface area contributed by atoms with E-state index in [-0.39, 0.29) is 0 Å². The van der Waals surface area contributed by atoms with Gasteiger partial charge in [0.2, 0.25) is 0 Å². The van der Waals surface area contributed by atoms with Crippen molar-refractivity contribution in [1.29, 1.82) is 0 Å². The summed E-state index contributed by atoms with van der Waals surface area (Å²) in [4.78, 5) is 11.5. The fourth-order valence-corrected chi connectivity index (χ4v) is 3.81. The Labute approximate surface area is 190 Å². The van der Waals surface area contributed by atoms with Gasteiger partial charge in [-0.05, 0) is 55.3 Å². The molecule has 0 bridgehead atoms. The van der Waals surface area contributed by atoms with Crippen molar-refractivity contribution in [1.82, 2.24) is 15.6 Å². The SMILES string of the molecule is CCNC(=NCc1cccc(OCc2ccccn2)c1)NC1CCN(c2ccccc2)C1. The molecule has 0 radical (unpaired) electrons. The zero-order valence-corrected chi connectivity index (χ0v) is 18.6. The van der Waals surface area contributed by atoms with Crippen LogP contribution in [0.4, 0.5) is 5.69 Å². The number of anilines is 1. The van der Waals surface area contributed by atoms with E-state index in [1.807, 2.05) is 36.4 Å². The van der Waals surface area contributed by atoms with Gasteiger partial charge in [0, 0.05) is 37.6 Å². The lowest BCUT2D eigenvalue weighted by atomic mass is 10.2. The molecule has 0 aliphatic carbocycles. The monoisotopic (exact) mass is 429 g/mol. The lowest BCUT2D eigenvalue weighted by Gasteiger charge is -2.20. The molecule has 32 heavy (non-hydrogen) atoms. The van der Waals surface area contributed by atoms with Crippen LogP contribution in [0, 0.1) is 0 Å². The van der Waals surface area contributed by atoms with Gasteiger partial charge in [-0.1, -0.05) is 36.4 Å². The lowest BCUT2D eigenvalue weighted by Crippen LogP contribution is -2.44. The molecule has 6 heteroatoms. The number of nitrogens with one attached hydrogen (secondary N) is 2. The Kier molecular flexibility index (Phi) is 7.58. The van der Waals surface area contributed by atoms with E-state index in [1.165, 1.54) is 5.69 Å². The van der Waals surface area contributed by atoms with E-state index >= 15 is 0 Å². The van der Waals surface area contributed by atoms with Crippen LogP contribution in [0.2, 0.25) is 0 Å². The smallest absolute Gasteiger partial charge is 0.191 e. The molecule has 1 fully saturated rings. The van der Waals surface area contributed by atoms with E-state index in [9.17, 15) is 0 Å². The van der Waals surface area contributed by atoms with E-state index < -0.39 is 0 Å². The second-order valence-corrected chi connectivity index (χ2v) is 7.86. The molecule has 4 rings (SSSR count). The lowest BCUT2D eigenvalue weighted by molar-refractivity contribution is 0.301. The summed E-state index contributed by atoms with van der Waals surface area (Å²) < 4.78 is 5.90. The number of benzene rings is 2. The molecule has 1 aromatic heterocycles. The van der Waals surface area contributed by atoms with Gasteiger partial charge in [-0.15, -0.1) is 0 Å². The van der Waals surface area contributed by atoms with Gasteiger partial charge in [0.05, 0.1) is 12.2 Å². The number of rotatable bonds is 8. The first-order valence-corrected chi connectivity index (χ1v) is 11.3. The summed E-state index contributed by atoms with van der Waals surface area (Å²) in [5.41, 5.74) is 3.30. The fraction of sp³-hybridized carbons (Fsp3) is 0.308. The van der Waals surface area contributed by atoms with Crippen molar-refractivity contribution in [2.24, 2.45) is 4.99 Å². The highest BCUT2D eigenvalue weighted by molar-refractivity contribution is 5.80. The van der Waals surface area contributed by atoms with E-state index in [0.717, 1.165) is 49.0 Å². The number of para-hydroxylation sites is 1. The summed E-state index contributed by atoms with van der Waals surface area (Å²) in [6.07, 6.45) is 2.87. The van der Waals surface area contributed by atoms with Crippen molar-refractivity contribution in [3.05, 3.63) is 90.3 Å². The number of aliphatic imine (C=N–C) groups is 1. The minimum absolute atomic E-state index is 0.376. The van der Waals surface area contributed by atoms with Gasteiger partial charge >= 0.3 is 0 Å². The molecule has 0 saturated carbocycles. The molecule has 2 aromatic carbocycles. The summed E-state index contributed by atoms with van der Waals surface area (Å²) in [7, 11) is 0. The highest BCUT2D eigenvalue weighted by atomic mass is 16.5. The Bertz CT molecular complexity index is 993. The minimum atomic E-state index is 0.376. The molecule has 2 heterocycles. The summed E-state index contributed by atoms with van der Waals surface area (Å²) in [5.74, 6) is 1.68. The van der Waals surface area contributed by atoms with Gasteiger partial charge in [-0.3, -0.25) is 4.98 Å². The van der Waals surface area contributed by atoms with Crippen molar-refractivity contribution in [3.63, 3.8) is 0 Å². The predicted molar refractivity (Wildman–Crippen MR) is 130 cm³/mol. The Balaban J connectivity index is 1.33. The third-order valence-electron chi connectivity index (χ3n) is 5.43. The van der Waals surface area contributed by atoms with Crippen LogP contribution in [0.5, 0.6) is 5.75 Å². The van der Waals surface area contributed by atoms with Crippen LogP contribution in [-0.4, -0.2) is 36.6 Å².